The molecule has 0 aromatic carbocycles. The minimum atomic E-state index is 0.568. The van der Waals surface area contributed by atoms with E-state index in [1.807, 2.05) is 0 Å². The normalized spacial score (nSPS) is 10.2. The highest BCUT2D eigenvalue weighted by Gasteiger charge is 1.94. The monoisotopic (exact) mass is 147 g/mol. The molecule has 0 saturated heterocycles. The summed E-state index contributed by atoms with van der Waals surface area (Å²) >= 11 is 0. The SMILES string of the molecule is O=Cc1cnn2nccc2c1. The fourth-order valence-electron chi connectivity index (χ4n) is 0.902. The zero-order valence-electron chi connectivity index (χ0n) is 5.64. The minimum Gasteiger partial charge on any atom is -0.298 e. The van der Waals surface area contributed by atoms with Crippen molar-refractivity contribution >= 4 is 11.8 Å². The van der Waals surface area contributed by atoms with Gasteiger partial charge in [0, 0.05) is 5.56 Å². The van der Waals surface area contributed by atoms with Crippen LogP contribution in [0.4, 0.5) is 0 Å². The van der Waals surface area contributed by atoms with Gasteiger partial charge in [-0.2, -0.15) is 14.8 Å². The minimum absolute atomic E-state index is 0.568. The Balaban J connectivity index is 2.76. The first kappa shape index (κ1) is 6.03. The van der Waals surface area contributed by atoms with E-state index in [1.165, 1.54) is 10.8 Å². The molecule has 0 aliphatic heterocycles. The van der Waals surface area contributed by atoms with Crippen LogP contribution in [0.25, 0.3) is 5.52 Å². The molecular weight excluding hydrogens is 142 g/mol. The number of rotatable bonds is 1. The highest BCUT2D eigenvalue weighted by molar-refractivity contribution is 5.76. The summed E-state index contributed by atoms with van der Waals surface area (Å²) in [5.41, 5.74) is 1.40. The Kier molecular flexibility index (Phi) is 1.18. The van der Waals surface area contributed by atoms with Crippen molar-refractivity contribution in [2.24, 2.45) is 0 Å². The Morgan fingerprint density at radius 1 is 1.45 bits per heavy atom. The topological polar surface area (TPSA) is 47.3 Å². The van der Waals surface area contributed by atoms with Gasteiger partial charge < -0.3 is 0 Å². The molecule has 2 aromatic heterocycles. The molecule has 4 heteroatoms. The van der Waals surface area contributed by atoms with Crippen molar-refractivity contribution < 1.29 is 4.79 Å². The average Bonchev–Trinajstić information content (AvgIpc) is 2.50. The lowest BCUT2D eigenvalue weighted by molar-refractivity contribution is 0.112. The number of aromatic nitrogens is 3. The molecule has 0 fully saturated rings. The van der Waals surface area contributed by atoms with Crippen molar-refractivity contribution in [1.29, 1.82) is 0 Å². The van der Waals surface area contributed by atoms with Gasteiger partial charge in [0.25, 0.3) is 0 Å². The Bertz CT molecular complexity index is 393. The third kappa shape index (κ3) is 0.881. The maximum absolute atomic E-state index is 10.3. The number of hydrogen-bond donors (Lipinski definition) is 0. The molecule has 0 radical (unpaired) electrons. The second-order valence-electron chi connectivity index (χ2n) is 2.15. The quantitative estimate of drug-likeness (QED) is 0.553. The molecule has 0 spiro atoms. The van der Waals surface area contributed by atoms with Gasteiger partial charge in [-0.25, -0.2) is 0 Å². The van der Waals surface area contributed by atoms with E-state index in [4.69, 9.17) is 0 Å². The number of carbonyl (C=O) groups is 1. The maximum Gasteiger partial charge on any atom is 0.151 e. The van der Waals surface area contributed by atoms with Gasteiger partial charge in [-0.3, -0.25) is 4.79 Å². The van der Waals surface area contributed by atoms with E-state index in [-0.39, 0.29) is 0 Å². The average molecular weight is 147 g/mol. The van der Waals surface area contributed by atoms with Gasteiger partial charge in [0.1, 0.15) is 0 Å². The Labute approximate surface area is 62.5 Å². The molecule has 0 aliphatic rings. The summed E-state index contributed by atoms with van der Waals surface area (Å²) in [7, 11) is 0. The fourth-order valence-corrected chi connectivity index (χ4v) is 0.902. The first-order valence-electron chi connectivity index (χ1n) is 3.15. The van der Waals surface area contributed by atoms with Crippen molar-refractivity contribution in [3.63, 3.8) is 0 Å². The van der Waals surface area contributed by atoms with Crippen LogP contribution in [0.3, 0.4) is 0 Å². The van der Waals surface area contributed by atoms with E-state index >= 15 is 0 Å². The molecule has 11 heavy (non-hydrogen) atoms. The van der Waals surface area contributed by atoms with Crippen LogP contribution in [0.1, 0.15) is 10.4 Å². The molecule has 2 aromatic rings. The van der Waals surface area contributed by atoms with Crippen molar-refractivity contribution in [3.8, 4) is 0 Å². The van der Waals surface area contributed by atoms with Crippen LogP contribution in [0.15, 0.2) is 24.5 Å². The summed E-state index contributed by atoms with van der Waals surface area (Å²) in [6, 6.07) is 3.52. The second-order valence-corrected chi connectivity index (χ2v) is 2.15. The molecule has 54 valence electrons. The predicted molar refractivity (Wildman–Crippen MR) is 38.4 cm³/mol. The molecule has 4 nitrogen and oxygen atoms in total. The summed E-state index contributed by atoms with van der Waals surface area (Å²) in [5.74, 6) is 0. The van der Waals surface area contributed by atoms with Crippen LogP contribution < -0.4 is 0 Å². The van der Waals surface area contributed by atoms with Gasteiger partial charge in [-0.1, -0.05) is 0 Å². The van der Waals surface area contributed by atoms with Crippen LogP contribution in [0.5, 0.6) is 0 Å². The summed E-state index contributed by atoms with van der Waals surface area (Å²) in [5, 5.41) is 7.77. The Morgan fingerprint density at radius 3 is 3.18 bits per heavy atom. The van der Waals surface area contributed by atoms with Gasteiger partial charge in [0.15, 0.2) is 6.29 Å². The van der Waals surface area contributed by atoms with Crippen LogP contribution in [-0.2, 0) is 0 Å². The van der Waals surface area contributed by atoms with E-state index in [0.29, 0.717) is 5.56 Å². The predicted octanol–water partition coefficient (Wildman–Crippen LogP) is 0.542. The third-order valence-electron chi connectivity index (χ3n) is 1.42. The highest BCUT2D eigenvalue weighted by Crippen LogP contribution is 2.00. The summed E-state index contributed by atoms with van der Waals surface area (Å²) in [6.45, 7) is 0. The van der Waals surface area contributed by atoms with Crippen molar-refractivity contribution in [3.05, 3.63) is 30.1 Å². The largest absolute Gasteiger partial charge is 0.298 e. The molecule has 0 saturated carbocycles. The standard InChI is InChI=1S/C7H5N3O/c11-5-6-3-7-1-2-8-10(7)9-4-6/h1-5H. The molecule has 0 bridgehead atoms. The van der Waals surface area contributed by atoms with E-state index in [9.17, 15) is 4.79 Å². The number of fused-ring (bicyclic) bond motifs is 1. The lowest BCUT2D eigenvalue weighted by atomic mass is 10.3. The summed E-state index contributed by atoms with van der Waals surface area (Å²) in [6.07, 6.45) is 3.88. The van der Waals surface area contributed by atoms with Crippen molar-refractivity contribution in [2.75, 3.05) is 0 Å². The lowest BCUT2D eigenvalue weighted by Gasteiger charge is -1.90. The molecule has 0 unspecified atom stereocenters. The van der Waals surface area contributed by atoms with Crippen LogP contribution in [-0.4, -0.2) is 21.1 Å². The van der Waals surface area contributed by atoms with E-state index in [1.54, 1.807) is 18.3 Å². The number of hydrogen-bond acceptors (Lipinski definition) is 3. The zero-order chi connectivity index (χ0) is 7.68. The number of nitrogens with zero attached hydrogens (tertiary/aromatic N) is 3. The van der Waals surface area contributed by atoms with Gasteiger partial charge >= 0.3 is 0 Å². The van der Waals surface area contributed by atoms with Gasteiger partial charge in [0.2, 0.25) is 0 Å². The molecule has 2 heterocycles. The lowest BCUT2D eigenvalue weighted by Crippen LogP contribution is -1.93. The van der Waals surface area contributed by atoms with Gasteiger partial charge in [0.05, 0.1) is 17.9 Å². The Hall–Kier alpha value is -1.71. The smallest absolute Gasteiger partial charge is 0.151 e. The van der Waals surface area contributed by atoms with E-state index in [0.717, 1.165) is 11.8 Å². The second kappa shape index (κ2) is 2.16. The number of carbonyl (C=O) groups excluding carboxylic acids is 1. The van der Waals surface area contributed by atoms with Crippen LogP contribution in [0.2, 0.25) is 0 Å². The third-order valence-corrected chi connectivity index (χ3v) is 1.42. The van der Waals surface area contributed by atoms with Crippen molar-refractivity contribution in [1.82, 2.24) is 14.8 Å². The zero-order valence-corrected chi connectivity index (χ0v) is 5.64. The summed E-state index contributed by atoms with van der Waals surface area (Å²) < 4.78 is 1.47. The molecule has 0 amide bonds. The molecule has 0 atom stereocenters. The molecule has 2 rings (SSSR count). The highest BCUT2D eigenvalue weighted by atomic mass is 16.1. The first-order chi connectivity index (χ1) is 5.40. The van der Waals surface area contributed by atoms with Gasteiger partial charge in [-0.15, -0.1) is 0 Å². The molecule has 0 aliphatic carbocycles. The molecule has 0 N–H and O–H groups in total. The molecular formula is C7H5N3O. The van der Waals surface area contributed by atoms with E-state index < -0.39 is 0 Å². The van der Waals surface area contributed by atoms with Crippen LogP contribution >= 0.6 is 0 Å². The van der Waals surface area contributed by atoms with Crippen LogP contribution in [0, 0.1) is 0 Å². The Morgan fingerprint density at radius 2 is 2.36 bits per heavy atom. The fraction of sp³-hybridized carbons (Fsp3) is 0. The van der Waals surface area contributed by atoms with E-state index in [2.05, 4.69) is 10.2 Å². The summed E-state index contributed by atoms with van der Waals surface area (Å²) in [4.78, 5) is 10.3. The van der Waals surface area contributed by atoms with Gasteiger partial charge in [-0.05, 0) is 12.1 Å². The maximum atomic E-state index is 10.3. The first-order valence-corrected chi connectivity index (χ1v) is 3.15. The number of aldehydes is 1. The van der Waals surface area contributed by atoms with Crippen molar-refractivity contribution in [2.45, 2.75) is 0 Å².